The maximum Gasteiger partial charge on any atom is 0.267 e. The van der Waals surface area contributed by atoms with E-state index in [0.29, 0.717) is 12.4 Å². The molecule has 6 heteroatoms. The van der Waals surface area contributed by atoms with E-state index in [9.17, 15) is 4.79 Å². The molecule has 0 radical (unpaired) electrons. The Morgan fingerprint density at radius 1 is 0.970 bits per heavy atom. The van der Waals surface area contributed by atoms with Crippen molar-refractivity contribution in [1.29, 1.82) is 0 Å². The number of rotatable bonds is 6. The summed E-state index contributed by atoms with van der Waals surface area (Å²) in [5, 5.41) is 5.07. The first-order valence-electron chi connectivity index (χ1n) is 11.1. The molecule has 33 heavy (non-hydrogen) atoms. The van der Waals surface area contributed by atoms with Crippen molar-refractivity contribution in [3.05, 3.63) is 84.4 Å². The van der Waals surface area contributed by atoms with Gasteiger partial charge in [0.2, 0.25) is 0 Å². The van der Waals surface area contributed by atoms with Gasteiger partial charge in [-0.15, -0.1) is 0 Å². The topological polar surface area (TPSA) is 73.6 Å². The second-order valence-electron chi connectivity index (χ2n) is 7.95. The Morgan fingerprint density at radius 2 is 1.76 bits per heavy atom. The Morgan fingerprint density at radius 3 is 2.55 bits per heavy atom. The Bertz CT molecular complexity index is 1260. The number of hydrogen-bond acceptors (Lipinski definition) is 5. The first-order chi connectivity index (χ1) is 16.3. The molecule has 1 aliphatic rings. The van der Waals surface area contributed by atoms with Crippen molar-refractivity contribution in [2.24, 2.45) is 0 Å². The van der Waals surface area contributed by atoms with Crippen LogP contribution in [0.15, 0.2) is 83.4 Å². The van der Waals surface area contributed by atoms with Crippen LogP contribution < -0.4 is 5.48 Å². The molecule has 1 aliphatic heterocycles. The summed E-state index contributed by atoms with van der Waals surface area (Å²) < 4.78 is 11.1. The minimum absolute atomic E-state index is 0.341. The number of hydrogen-bond donors (Lipinski definition) is 1. The van der Waals surface area contributed by atoms with Crippen molar-refractivity contribution >= 4 is 22.9 Å². The SMILES string of the molecule is O=C(/C=C/c1ccc2noc(-c3ccc(-c4ccccc4)cc3)c2c1)NOC1CCCCO1. The molecule has 1 fully saturated rings. The summed E-state index contributed by atoms with van der Waals surface area (Å²) >= 11 is 0. The van der Waals surface area contributed by atoms with Crippen LogP contribution >= 0.6 is 0 Å². The third-order valence-corrected chi connectivity index (χ3v) is 5.61. The predicted octanol–water partition coefficient (Wildman–Crippen LogP) is 5.75. The van der Waals surface area contributed by atoms with E-state index < -0.39 is 0 Å². The van der Waals surface area contributed by atoms with Gasteiger partial charge < -0.3 is 9.26 Å². The van der Waals surface area contributed by atoms with Crippen LogP contribution in [0.4, 0.5) is 0 Å². The lowest BCUT2D eigenvalue weighted by Crippen LogP contribution is -2.32. The zero-order valence-electron chi connectivity index (χ0n) is 18.1. The fourth-order valence-corrected chi connectivity index (χ4v) is 3.85. The number of aromatic nitrogens is 1. The number of benzene rings is 3. The number of carbonyl (C=O) groups is 1. The molecule has 0 spiro atoms. The fourth-order valence-electron chi connectivity index (χ4n) is 3.85. The molecule has 5 rings (SSSR count). The summed E-state index contributed by atoms with van der Waals surface area (Å²) in [6.45, 7) is 0.659. The largest absolute Gasteiger partial charge is 0.355 e. The van der Waals surface area contributed by atoms with Crippen molar-refractivity contribution in [3.8, 4) is 22.5 Å². The van der Waals surface area contributed by atoms with Crippen molar-refractivity contribution < 1.29 is 18.9 Å². The maximum absolute atomic E-state index is 12.1. The number of ether oxygens (including phenoxy) is 1. The average molecular weight is 440 g/mol. The molecule has 1 aromatic heterocycles. The fraction of sp³-hybridized carbons (Fsp3) is 0.185. The molecule has 4 aromatic rings. The highest BCUT2D eigenvalue weighted by atomic mass is 16.8. The van der Waals surface area contributed by atoms with Crippen LogP contribution in [0.25, 0.3) is 39.4 Å². The van der Waals surface area contributed by atoms with Gasteiger partial charge in [0, 0.05) is 24.7 Å². The van der Waals surface area contributed by atoms with E-state index in [0.717, 1.165) is 52.4 Å². The highest BCUT2D eigenvalue weighted by Crippen LogP contribution is 2.31. The molecule has 0 bridgehead atoms. The highest BCUT2D eigenvalue weighted by Gasteiger charge is 2.15. The lowest BCUT2D eigenvalue weighted by Gasteiger charge is -2.21. The molecule has 1 amide bonds. The van der Waals surface area contributed by atoms with Crippen molar-refractivity contribution in [3.63, 3.8) is 0 Å². The zero-order valence-corrected chi connectivity index (χ0v) is 18.1. The second-order valence-corrected chi connectivity index (χ2v) is 7.95. The van der Waals surface area contributed by atoms with Crippen LogP contribution in [0.5, 0.6) is 0 Å². The van der Waals surface area contributed by atoms with Gasteiger partial charge in [0.25, 0.3) is 5.91 Å². The number of nitrogens with one attached hydrogen (secondary N) is 1. The minimum atomic E-state index is -0.375. The summed E-state index contributed by atoms with van der Waals surface area (Å²) in [4.78, 5) is 17.4. The van der Waals surface area contributed by atoms with Gasteiger partial charge in [-0.1, -0.05) is 65.8 Å². The Kier molecular flexibility index (Phi) is 6.28. The smallest absolute Gasteiger partial charge is 0.267 e. The molecule has 166 valence electrons. The summed E-state index contributed by atoms with van der Waals surface area (Å²) in [6, 6.07) is 24.2. The van der Waals surface area contributed by atoms with Gasteiger partial charge in [-0.2, -0.15) is 0 Å². The summed E-state index contributed by atoms with van der Waals surface area (Å²) in [6.07, 6.45) is 5.63. The van der Waals surface area contributed by atoms with E-state index in [2.05, 4.69) is 34.9 Å². The standard InChI is InChI=1S/C27H24N2O4/c30-25(29-32-26-8-4-5-17-31-26)16-10-19-9-15-24-23(18-19)27(33-28-24)22-13-11-21(12-14-22)20-6-2-1-3-7-20/h1-3,6-7,9-16,18,26H,4-5,8,17H2,(H,29,30)/b16-10+. The minimum Gasteiger partial charge on any atom is -0.355 e. The third kappa shape index (κ3) is 5.03. The van der Waals surface area contributed by atoms with Crippen molar-refractivity contribution in [2.45, 2.75) is 25.6 Å². The van der Waals surface area contributed by atoms with Gasteiger partial charge in [0.15, 0.2) is 12.1 Å². The molecule has 3 aromatic carbocycles. The molecule has 1 unspecified atom stereocenters. The van der Waals surface area contributed by atoms with Gasteiger partial charge in [0.1, 0.15) is 5.52 Å². The van der Waals surface area contributed by atoms with Crippen LogP contribution in [0, 0.1) is 0 Å². The lowest BCUT2D eigenvalue weighted by atomic mass is 10.0. The second kappa shape index (κ2) is 9.81. The highest BCUT2D eigenvalue weighted by molar-refractivity contribution is 5.95. The van der Waals surface area contributed by atoms with Crippen molar-refractivity contribution in [2.75, 3.05) is 6.61 Å². The summed E-state index contributed by atoms with van der Waals surface area (Å²) in [7, 11) is 0. The first-order valence-corrected chi connectivity index (χ1v) is 11.1. The molecule has 2 heterocycles. The van der Waals surface area contributed by atoms with Crippen LogP contribution in [0.3, 0.4) is 0 Å². The van der Waals surface area contributed by atoms with E-state index in [4.69, 9.17) is 14.1 Å². The van der Waals surface area contributed by atoms with E-state index >= 15 is 0 Å². The van der Waals surface area contributed by atoms with Crippen LogP contribution in [-0.4, -0.2) is 24.0 Å². The van der Waals surface area contributed by atoms with Gasteiger partial charge >= 0.3 is 0 Å². The van der Waals surface area contributed by atoms with Gasteiger partial charge in [0.05, 0.1) is 5.39 Å². The monoisotopic (exact) mass is 440 g/mol. The molecule has 1 atom stereocenters. The molecule has 6 nitrogen and oxygen atoms in total. The van der Waals surface area contributed by atoms with E-state index in [1.807, 2.05) is 48.5 Å². The van der Waals surface area contributed by atoms with Gasteiger partial charge in [-0.3, -0.25) is 4.79 Å². The quantitative estimate of drug-likeness (QED) is 0.305. The number of fused-ring (bicyclic) bond motifs is 1. The number of nitrogens with zero attached hydrogens (tertiary/aromatic N) is 1. The van der Waals surface area contributed by atoms with Gasteiger partial charge in [-0.25, -0.2) is 10.3 Å². The molecule has 1 N–H and O–H groups in total. The summed E-state index contributed by atoms with van der Waals surface area (Å²) in [5.41, 5.74) is 7.29. The first kappa shape index (κ1) is 21.1. The number of hydroxylamine groups is 1. The predicted molar refractivity (Wildman–Crippen MR) is 127 cm³/mol. The molecule has 0 saturated carbocycles. The van der Waals surface area contributed by atoms with Crippen LogP contribution in [0.2, 0.25) is 0 Å². The summed E-state index contributed by atoms with van der Waals surface area (Å²) in [5.74, 6) is 0.355. The van der Waals surface area contributed by atoms with Crippen LogP contribution in [0.1, 0.15) is 24.8 Å². The Labute approximate surface area is 191 Å². The number of amides is 1. The van der Waals surface area contributed by atoms with E-state index in [1.54, 1.807) is 6.08 Å². The molecule has 1 saturated heterocycles. The normalized spacial score (nSPS) is 16.3. The molecule has 0 aliphatic carbocycles. The van der Waals surface area contributed by atoms with Crippen molar-refractivity contribution in [1.82, 2.24) is 10.6 Å². The van der Waals surface area contributed by atoms with E-state index in [1.165, 1.54) is 6.08 Å². The van der Waals surface area contributed by atoms with Crippen LogP contribution in [-0.2, 0) is 14.4 Å². The Balaban J connectivity index is 1.30. The lowest BCUT2D eigenvalue weighted by molar-refractivity contribution is -0.198. The molecular weight excluding hydrogens is 416 g/mol. The molecular formula is C27H24N2O4. The zero-order chi connectivity index (χ0) is 22.5. The van der Waals surface area contributed by atoms with Gasteiger partial charge in [-0.05, 0) is 47.7 Å². The third-order valence-electron chi connectivity index (χ3n) is 5.61. The maximum atomic E-state index is 12.1. The number of carbonyl (C=O) groups excluding carboxylic acids is 1. The average Bonchev–Trinajstić information content (AvgIpc) is 3.31. The van der Waals surface area contributed by atoms with E-state index in [-0.39, 0.29) is 12.2 Å². The Hall–Kier alpha value is -3.74.